The topological polar surface area (TPSA) is 58.4 Å². The number of piperidine rings is 1. The molecule has 0 bridgehead atoms. The summed E-state index contributed by atoms with van der Waals surface area (Å²) >= 11 is 0. The molecule has 2 rings (SSSR count). The molecule has 3 N–H and O–H groups in total. The molecule has 0 aromatic heterocycles. The molecule has 1 fully saturated rings. The van der Waals surface area contributed by atoms with Crippen LogP contribution in [0.5, 0.6) is 0 Å². The van der Waals surface area contributed by atoms with Crippen molar-refractivity contribution in [3.8, 4) is 0 Å². The number of nitrogens with two attached hydrogens (primary N) is 1. The third kappa shape index (κ3) is 3.51. The number of hydrogen-bond acceptors (Lipinski definition) is 3. The zero-order chi connectivity index (χ0) is 14.8. The Morgan fingerprint density at radius 3 is 2.70 bits per heavy atom. The Bertz CT molecular complexity index is 490. The van der Waals surface area contributed by atoms with E-state index in [4.69, 9.17) is 5.73 Å². The number of nitrogen functional groups attached to an aromatic ring is 1. The van der Waals surface area contributed by atoms with Gasteiger partial charge >= 0.3 is 0 Å². The number of rotatable bonds is 3. The molecule has 4 nitrogen and oxygen atoms in total. The van der Waals surface area contributed by atoms with Crippen LogP contribution >= 0.6 is 0 Å². The maximum Gasteiger partial charge on any atom is 0.251 e. The standard InChI is InChI=1S/C16H25N3O/c1-12-4-5-13(17)10-14(12)15(20)18-11-16(2)6-8-19(3)9-7-16/h4-5,10H,6-9,11,17H2,1-3H3,(H,18,20). The highest BCUT2D eigenvalue weighted by atomic mass is 16.1. The van der Waals surface area contributed by atoms with Crippen LogP contribution in [0.3, 0.4) is 0 Å². The number of aryl methyl sites for hydroxylation is 1. The van der Waals surface area contributed by atoms with Crippen LogP contribution in [0.4, 0.5) is 5.69 Å². The van der Waals surface area contributed by atoms with Crippen LogP contribution in [-0.4, -0.2) is 37.5 Å². The van der Waals surface area contributed by atoms with Gasteiger partial charge in [-0.2, -0.15) is 0 Å². The molecule has 0 radical (unpaired) electrons. The maximum atomic E-state index is 12.3. The molecule has 110 valence electrons. The molecular weight excluding hydrogens is 250 g/mol. The second-order valence-electron chi connectivity index (χ2n) is 6.37. The van der Waals surface area contributed by atoms with E-state index in [2.05, 4.69) is 24.2 Å². The largest absolute Gasteiger partial charge is 0.399 e. The fourth-order valence-corrected chi connectivity index (χ4v) is 2.61. The lowest BCUT2D eigenvalue weighted by molar-refractivity contribution is 0.0891. The molecule has 1 saturated heterocycles. The fraction of sp³-hybridized carbons (Fsp3) is 0.562. The van der Waals surface area contributed by atoms with Crippen molar-refractivity contribution < 1.29 is 4.79 Å². The number of likely N-dealkylation sites (tertiary alicyclic amines) is 1. The number of nitrogens with one attached hydrogen (secondary N) is 1. The van der Waals surface area contributed by atoms with E-state index in [1.54, 1.807) is 6.07 Å². The first-order valence-corrected chi connectivity index (χ1v) is 7.22. The lowest BCUT2D eigenvalue weighted by Gasteiger charge is -2.38. The number of carbonyl (C=O) groups excluding carboxylic acids is 1. The second-order valence-corrected chi connectivity index (χ2v) is 6.37. The van der Waals surface area contributed by atoms with Crippen LogP contribution in [0.15, 0.2) is 18.2 Å². The molecule has 1 heterocycles. The van der Waals surface area contributed by atoms with E-state index in [-0.39, 0.29) is 11.3 Å². The first-order chi connectivity index (χ1) is 9.39. The van der Waals surface area contributed by atoms with Gasteiger partial charge in [-0.3, -0.25) is 4.79 Å². The number of carbonyl (C=O) groups is 1. The van der Waals surface area contributed by atoms with Crippen LogP contribution in [-0.2, 0) is 0 Å². The molecule has 1 aromatic rings. The van der Waals surface area contributed by atoms with Gasteiger partial charge in [0.05, 0.1) is 0 Å². The van der Waals surface area contributed by atoms with E-state index in [1.807, 2.05) is 19.1 Å². The Balaban J connectivity index is 1.97. The normalized spacial score (nSPS) is 18.8. The maximum absolute atomic E-state index is 12.3. The van der Waals surface area contributed by atoms with Gasteiger partial charge in [0.2, 0.25) is 0 Å². The third-order valence-corrected chi connectivity index (χ3v) is 4.38. The van der Waals surface area contributed by atoms with E-state index in [1.165, 1.54) is 0 Å². The molecule has 1 aliphatic heterocycles. The van der Waals surface area contributed by atoms with Crippen molar-refractivity contribution in [2.75, 3.05) is 32.4 Å². The average Bonchev–Trinajstić information content (AvgIpc) is 2.43. The highest BCUT2D eigenvalue weighted by Crippen LogP contribution is 2.29. The number of anilines is 1. The Kier molecular flexibility index (Phi) is 4.33. The van der Waals surface area contributed by atoms with Gasteiger partial charge in [0.25, 0.3) is 5.91 Å². The Hall–Kier alpha value is -1.55. The summed E-state index contributed by atoms with van der Waals surface area (Å²) in [5, 5.41) is 3.08. The van der Waals surface area contributed by atoms with E-state index >= 15 is 0 Å². The second kappa shape index (κ2) is 5.83. The fourth-order valence-electron chi connectivity index (χ4n) is 2.61. The lowest BCUT2D eigenvalue weighted by atomic mass is 9.80. The minimum absolute atomic E-state index is 0.0186. The van der Waals surface area contributed by atoms with Crippen molar-refractivity contribution >= 4 is 11.6 Å². The minimum Gasteiger partial charge on any atom is -0.399 e. The van der Waals surface area contributed by atoms with Gasteiger partial charge in [-0.15, -0.1) is 0 Å². The van der Waals surface area contributed by atoms with Crippen molar-refractivity contribution in [3.63, 3.8) is 0 Å². The molecule has 0 spiro atoms. The number of benzene rings is 1. The van der Waals surface area contributed by atoms with E-state index in [0.717, 1.165) is 38.0 Å². The first-order valence-electron chi connectivity index (χ1n) is 7.22. The number of hydrogen-bond donors (Lipinski definition) is 2. The number of nitrogens with zero attached hydrogens (tertiary/aromatic N) is 1. The lowest BCUT2D eigenvalue weighted by Crippen LogP contribution is -2.43. The van der Waals surface area contributed by atoms with Crippen molar-refractivity contribution in [3.05, 3.63) is 29.3 Å². The summed E-state index contributed by atoms with van der Waals surface area (Å²) in [5.41, 5.74) is 8.24. The zero-order valence-electron chi connectivity index (χ0n) is 12.7. The summed E-state index contributed by atoms with van der Waals surface area (Å²) in [5.74, 6) is -0.0186. The van der Waals surface area contributed by atoms with E-state index < -0.39 is 0 Å². The summed E-state index contributed by atoms with van der Waals surface area (Å²) in [7, 11) is 2.15. The summed E-state index contributed by atoms with van der Waals surface area (Å²) in [6.07, 6.45) is 2.25. The zero-order valence-corrected chi connectivity index (χ0v) is 12.7. The van der Waals surface area contributed by atoms with Crippen molar-refractivity contribution in [1.29, 1.82) is 0 Å². The average molecular weight is 275 g/mol. The Labute approximate surface area is 121 Å². The molecule has 0 atom stereocenters. The van der Waals surface area contributed by atoms with Gasteiger partial charge in [0.15, 0.2) is 0 Å². The molecular formula is C16H25N3O. The molecule has 1 aliphatic rings. The molecule has 1 amide bonds. The summed E-state index contributed by atoms with van der Waals surface area (Å²) in [4.78, 5) is 14.6. The summed E-state index contributed by atoms with van der Waals surface area (Å²) in [6.45, 7) is 7.12. The molecule has 20 heavy (non-hydrogen) atoms. The molecule has 4 heteroatoms. The molecule has 1 aromatic carbocycles. The predicted octanol–water partition coefficient (Wildman–Crippen LogP) is 2.04. The van der Waals surface area contributed by atoms with E-state index in [0.29, 0.717) is 11.3 Å². The minimum atomic E-state index is -0.0186. The van der Waals surface area contributed by atoms with Crippen LogP contribution in [0.1, 0.15) is 35.7 Å². The molecule has 0 saturated carbocycles. The van der Waals surface area contributed by atoms with Gasteiger partial charge in [-0.1, -0.05) is 13.0 Å². The van der Waals surface area contributed by atoms with Gasteiger partial charge in [0, 0.05) is 17.8 Å². The first kappa shape index (κ1) is 14.9. The van der Waals surface area contributed by atoms with Crippen molar-refractivity contribution in [2.45, 2.75) is 26.7 Å². The SMILES string of the molecule is Cc1ccc(N)cc1C(=O)NCC1(C)CCN(C)CC1. The molecule has 0 aliphatic carbocycles. The predicted molar refractivity (Wildman–Crippen MR) is 82.8 cm³/mol. The van der Waals surface area contributed by atoms with E-state index in [9.17, 15) is 4.79 Å². The number of amides is 1. The van der Waals surface area contributed by atoms with Gasteiger partial charge in [0.1, 0.15) is 0 Å². The van der Waals surface area contributed by atoms with Gasteiger partial charge in [-0.25, -0.2) is 0 Å². The van der Waals surface area contributed by atoms with Crippen LogP contribution in [0, 0.1) is 12.3 Å². The highest BCUT2D eigenvalue weighted by molar-refractivity contribution is 5.96. The highest BCUT2D eigenvalue weighted by Gasteiger charge is 2.29. The van der Waals surface area contributed by atoms with Crippen molar-refractivity contribution in [2.24, 2.45) is 5.41 Å². The summed E-state index contributed by atoms with van der Waals surface area (Å²) in [6, 6.07) is 5.47. The quantitative estimate of drug-likeness (QED) is 0.830. The van der Waals surface area contributed by atoms with Crippen LogP contribution in [0.2, 0.25) is 0 Å². The third-order valence-electron chi connectivity index (χ3n) is 4.38. The van der Waals surface area contributed by atoms with Crippen LogP contribution in [0.25, 0.3) is 0 Å². The Morgan fingerprint density at radius 1 is 1.40 bits per heavy atom. The Morgan fingerprint density at radius 2 is 2.05 bits per heavy atom. The van der Waals surface area contributed by atoms with Gasteiger partial charge in [-0.05, 0) is 63.0 Å². The van der Waals surface area contributed by atoms with Gasteiger partial charge < -0.3 is 16.0 Å². The smallest absolute Gasteiger partial charge is 0.251 e. The van der Waals surface area contributed by atoms with Crippen LogP contribution < -0.4 is 11.1 Å². The monoisotopic (exact) mass is 275 g/mol. The van der Waals surface area contributed by atoms with Crippen molar-refractivity contribution in [1.82, 2.24) is 10.2 Å². The molecule has 0 unspecified atom stereocenters. The summed E-state index contributed by atoms with van der Waals surface area (Å²) < 4.78 is 0.